The molecule has 0 fully saturated rings. The monoisotopic (exact) mass is 483 g/mol. The zero-order valence-corrected chi connectivity index (χ0v) is 21.0. The molecular formula is C27H37N3O5. The first kappa shape index (κ1) is 28.0. The summed E-state index contributed by atoms with van der Waals surface area (Å²) >= 11 is 0. The second kappa shape index (κ2) is 13.0. The molecule has 0 heterocycles. The molecule has 0 spiro atoms. The normalized spacial score (nSPS) is 13.2. The van der Waals surface area contributed by atoms with Crippen molar-refractivity contribution in [3.8, 4) is 5.75 Å². The zero-order chi connectivity index (χ0) is 26.0. The van der Waals surface area contributed by atoms with Crippen LogP contribution in [0.3, 0.4) is 0 Å². The van der Waals surface area contributed by atoms with Crippen LogP contribution >= 0.6 is 0 Å². The lowest BCUT2D eigenvalue weighted by molar-refractivity contribution is -0.157. The summed E-state index contributed by atoms with van der Waals surface area (Å²) in [4.78, 5) is 39.6. The predicted octanol–water partition coefficient (Wildman–Crippen LogP) is 2.57. The van der Waals surface area contributed by atoms with Gasteiger partial charge in [-0.05, 0) is 76.8 Å². The van der Waals surface area contributed by atoms with Gasteiger partial charge in [0.05, 0.1) is 18.6 Å². The van der Waals surface area contributed by atoms with E-state index in [2.05, 4.69) is 5.32 Å². The number of carbonyl (C=O) groups is 3. The summed E-state index contributed by atoms with van der Waals surface area (Å²) in [5.74, 6) is -1.45. The molecule has 2 aromatic carbocycles. The van der Waals surface area contributed by atoms with Crippen molar-refractivity contribution in [1.29, 1.82) is 0 Å². The number of esters is 1. The minimum Gasteiger partial charge on any atom is -0.508 e. The predicted molar refractivity (Wildman–Crippen MR) is 135 cm³/mol. The van der Waals surface area contributed by atoms with Crippen LogP contribution in [0.5, 0.6) is 5.75 Å². The molecule has 0 saturated heterocycles. The molecule has 0 saturated carbocycles. The summed E-state index contributed by atoms with van der Waals surface area (Å²) < 4.78 is 5.44. The molecule has 4 N–H and O–H groups in total. The maximum atomic E-state index is 12.9. The molecule has 8 heteroatoms. The van der Waals surface area contributed by atoms with Crippen molar-refractivity contribution < 1.29 is 24.2 Å². The summed E-state index contributed by atoms with van der Waals surface area (Å²) in [7, 11) is 0. The number of ether oxygens (including phenoxy) is 1. The number of aryl methyl sites for hydroxylation is 1. The number of carbonyl (C=O) groups excluding carboxylic acids is 3. The minimum atomic E-state index is -0.937. The fraction of sp³-hybridized carbons (Fsp3) is 0.444. The third kappa shape index (κ3) is 10.3. The van der Waals surface area contributed by atoms with Crippen molar-refractivity contribution in [2.75, 3.05) is 13.1 Å². The van der Waals surface area contributed by atoms with Gasteiger partial charge < -0.3 is 15.6 Å². The van der Waals surface area contributed by atoms with Crippen LogP contribution in [0.1, 0.15) is 45.2 Å². The third-order valence-corrected chi connectivity index (χ3v) is 5.41. The molecule has 2 amide bonds. The molecule has 8 nitrogen and oxygen atoms in total. The molecule has 0 aliphatic rings. The van der Waals surface area contributed by atoms with Crippen molar-refractivity contribution in [3.05, 3.63) is 65.7 Å². The molecule has 0 bridgehead atoms. The van der Waals surface area contributed by atoms with E-state index in [1.165, 1.54) is 12.1 Å². The summed E-state index contributed by atoms with van der Waals surface area (Å²) in [6.07, 6.45) is 1.72. The number of phenols is 1. The molecule has 2 atom stereocenters. The minimum absolute atomic E-state index is 0.0750. The van der Waals surface area contributed by atoms with Crippen molar-refractivity contribution in [3.63, 3.8) is 0 Å². The average molecular weight is 484 g/mol. The molecule has 0 aliphatic heterocycles. The number of hydrogen-bond donors (Lipinski definition) is 3. The fourth-order valence-electron chi connectivity index (χ4n) is 3.54. The Morgan fingerprint density at radius 3 is 2.23 bits per heavy atom. The first-order chi connectivity index (χ1) is 16.4. The van der Waals surface area contributed by atoms with E-state index in [1.807, 2.05) is 30.3 Å². The molecule has 0 aliphatic carbocycles. The van der Waals surface area contributed by atoms with E-state index >= 15 is 0 Å². The molecule has 0 unspecified atom stereocenters. The SMILES string of the molecule is C[C@H](C(=O)NC(=O)[C@@H](N)Cc1ccc(O)cc1)N(CCCc1ccccc1)CC(=O)OC(C)(C)C. The fourth-order valence-corrected chi connectivity index (χ4v) is 3.54. The number of phenolic OH excluding ortho intramolecular Hbond substituents is 1. The maximum Gasteiger partial charge on any atom is 0.320 e. The Bertz CT molecular complexity index is 971. The number of rotatable bonds is 11. The Morgan fingerprint density at radius 1 is 1.00 bits per heavy atom. The lowest BCUT2D eigenvalue weighted by Gasteiger charge is -2.29. The van der Waals surface area contributed by atoms with Crippen LogP contribution in [0, 0.1) is 0 Å². The van der Waals surface area contributed by atoms with Gasteiger partial charge in [-0.3, -0.25) is 24.6 Å². The Kier molecular flexibility index (Phi) is 10.4. The molecule has 0 aromatic heterocycles. The molecule has 35 heavy (non-hydrogen) atoms. The summed E-state index contributed by atoms with van der Waals surface area (Å²) in [5.41, 5.74) is 7.27. The van der Waals surface area contributed by atoms with Crippen LogP contribution in [-0.4, -0.2) is 58.6 Å². The third-order valence-electron chi connectivity index (χ3n) is 5.41. The number of nitrogens with one attached hydrogen (secondary N) is 1. The van der Waals surface area contributed by atoms with Crippen LogP contribution in [-0.2, 0) is 32.0 Å². The molecule has 0 radical (unpaired) electrons. The lowest BCUT2D eigenvalue weighted by Crippen LogP contribution is -2.53. The van der Waals surface area contributed by atoms with Gasteiger partial charge in [-0.15, -0.1) is 0 Å². The number of nitrogens with two attached hydrogens (primary N) is 1. The number of hydrogen-bond acceptors (Lipinski definition) is 7. The van der Waals surface area contributed by atoms with E-state index in [9.17, 15) is 19.5 Å². The lowest BCUT2D eigenvalue weighted by atomic mass is 10.1. The molecule has 190 valence electrons. The highest BCUT2D eigenvalue weighted by molar-refractivity contribution is 6.00. The number of benzene rings is 2. The van der Waals surface area contributed by atoms with Crippen molar-refractivity contribution in [2.45, 2.75) is 64.6 Å². The van der Waals surface area contributed by atoms with Gasteiger partial charge in [0.25, 0.3) is 0 Å². The van der Waals surface area contributed by atoms with Gasteiger partial charge in [0.1, 0.15) is 11.4 Å². The highest BCUT2D eigenvalue weighted by Crippen LogP contribution is 2.12. The second-order valence-electron chi connectivity index (χ2n) is 9.65. The number of nitrogens with zero attached hydrogens (tertiary/aromatic N) is 1. The Labute approximate surface area is 207 Å². The van der Waals surface area contributed by atoms with E-state index in [-0.39, 0.29) is 18.7 Å². The van der Waals surface area contributed by atoms with E-state index in [4.69, 9.17) is 10.5 Å². The topological polar surface area (TPSA) is 122 Å². The van der Waals surface area contributed by atoms with E-state index in [1.54, 1.807) is 44.7 Å². The Balaban J connectivity index is 1.99. The van der Waals surface area contributed by atoms with Crippen molar-refractivity contribution in [1.82, 2.24) is 10.2 Å². The Morgan fingerprint density at radius 2 is 1.63 bits per heavy atom. The zero-order valence-electron chi connectivity index (χ0n) is 21.0. The second-order valence-corrected chi connectivity index (χ2v) is 9.65. The number of amides is 2. The first-order valence-corrected chi connectivity index (χ1v) is 11.8. The first-order valence-electron chi connectivity index (χ1n) is 11.8. The van der Waals surface area contributed by atoms with Gasteiger partial charge in [0.15, 0.2) is 0 Å². The van der Waals surface area contributed by atoms with Gasteiger partial charge in [0, 0.05) is 0 Å². The van der Waals surface area contributed by atoms with E-state index in [0.29, 0.717) is 6.54 Å². The highest BCUT2D eigenvalue weighted by Gasteiger charge is 2.28. The van der Waals surface area contributed by atoms with Gasteiger partial charge in [-0.2, -0.15) is 0 Å². The highest BCUT2D eigenvalue weighted by atomic mass is 16.6. The van der Waals surface area contributed by atoms with E-state index < -0.39 is 35.5 Å². The molecule has 2 aromatic rings. The Hall–Kier alpha value is -3.23. The largest absolute Gasteiger partial charge is 0.508 e. The van der Waals surface area contributed by atoms with Gasteiger partial charge in [0.2, 0.25) is 11.8 Å². The van der Waals surface area contributed by atoms with Crippen molar-refractivity contribution in [2.24, 2.45) is 5.73 Å². The standard InChI is InChI=1S/C27H37N3O5/c1-19(25(33)29-26(34)23(28)17-21-12-14-22(31)15-13-21)30(18-24(32)35-27(2,3)4)16-8-11-20-9-6-5-7-10-20/h5-7,9-10,12-15,19,23,31H,8,11,16-18,28H2,1-4H3,(H,29,33,34)/t19-,23+/m1/s1. The quantitative estimate of drug-likeness (QED) is 0.420. The smallest absolute Gasteiger partial charge is 0.320 e. The summed E-state index contributed by atoms with van der Waals surface area (Å²) in [6, 6.07) is 14.6. The van der Waals surface area contributed by atoms with Crippen LogP contribution in [0.25, 0.3) is 0 Å². The average Bonchev–Trinajstić information content (AvgIpc) is 2.78. The van der Waals surface area contributed by atoms with E-state index in [0.717, 1.165) is 24.0 Å². The van der Waals surface area contributed by atoms with Gasteiger partial charge >= 0.3 is 5.97 Å². The summed E-state index contributed by atoms with van der Waals surface area (Å²) in [5, 5.41) is 11.8. The van der Waals surface area contributed by atoms with Crippen LogP contribution < -0.4 is 11.1 Å². The van der Waals surface area contributed by atoms with Crippen LogP contribution in [0.4, 0.5) is 0 Å². The number of imide groups is 1. The number of aromatic hydroxyl groups is 1. The van der Waals surface area contributed by atoms with Crippen LogP contribution in [0.2, 0.25) is 0 Å². The maximum absolute atomic E-state index is 12.9. The molecule has 2 rings (SSSR count). The van der Waals surface area contributed by atoms with Gasteiger partial charge in [-0.25, -0.2) is 0 Å². The van der Waals surface area contributed by atoms with Crippen LogP contribution in [0.15, 0.2) is 54.6 Å². The van der Waals surface area contributed by atoms with Crippen molar-refractivity contribution >= 4 is 17.8 Å². The molecular weight excluding hydrogens is 446 g/mol. The van der Waals surface area contributed by atoms with Gasteiger partial charge in [-0.1, -0.05) is 42.5 Å². The summed E-state index contributed by atoms with van der Waals surface area (Å²) in [6.45, 7) is 7.41.